The van der Waals surface area contributed by atoms with Gasteiger partial charge in [0.05, 0.1) is 11.6 Å². The number of nitrogens with zero attached hydrogens (tertiary/aromatic N) is 4. The molecule has 2 aliphatic rings. The number of anilines is 1. The maximum Gasteiger partial charge on any atom is 0.290 e. The number of aromatic amines is 1. The van der Waals surface area contributed by atoms with E-state index in [0.717, 1.165) is 29.5 Å². The minimum absolute atomic E-state index is 0.0664. The van der Waals surface area contributed by atoms with Crippen LogP contribution >= 0.6 is 0 Å². The first-order valence-electron chi connectivity index (χ1n) is 10.3. The Morgan fingerprint density at radius 1 is 1.23 bits per heavy atom. The monoisotopic (exact) mass is 409 g/mol. The molecule has 1 saturated heterocycles. The molecule has 2 fully saturated rings. The first-order chi connectivity index (χ1) is 14.2. The zero-order chi connectivity index (χ0) is 21.3. The van der Waals surface area contributed by atoms with Gasteiger partial charge in [0, 0.05) is 30.9 Å². The normalized spacial score (nSPS) is 21.9. The first kappa shape index (κ1) is 19.1. The fraction of sp³-hybridized carbons (Fsp3) is 0.500. The van der Waals surface area contributed by atoms with Crippen molar-refractivity contribution >= 4 is 16.6 Å². The fourth-order valence-electron chi connectivity index (χ4n) is 4.05. The second-order valence-corrected chi connectivity index (χ2v) is 9.56. The molecule has 1 atom stereocenters. The number of nitrogens with one attached hydrogen (secondary N) is 1. The van der Waals surface area contributed by atoms with Crippen molar-refractivity contribution in [1.29, 1.82) is 0 Å². The Bertz CT molecular complexity index is 1190. The van der Waals surface area contributed by atoms with Crippen LogP contribution in [0, 0.1) is 5.41 Å². The van der Waals surface area contributed by atoms with Crippen LogP contribution in [0.1, 0.15) is 33.6 Å². The average molecular weight is 409 g/mol. The third-order valence-electron chi connectivity index (χ3n) is 6.37. The number of hydrogen-bond donors (Lipinski definition) is 2. The van der Waals surface area contributed by atoms with Crippen molar-refractivity contribution in [2.24, 2.45) is 12.5 Å². The highest BCUT2D eigenvalue weighted by Crippen LogP contribution is 2.40. The van der Waals surface area contributed by atoms with E-state index in [1.54, 1.807) is 13.1 Å². The Labute approximate surface area is 174 Å². The topological polar surface area (TPSA) is 96.3 Å². The highest BCUT2D eigenvalue weighted by molar-refractivity contribution is 5.93. The number of hydrogen-bond acceptors (Lipinski definition) is 6. The number of aryl methyl sites for hydroxylation is 1. The number of β-amino-alcohol motifs (C(OH)–C–C–N with tert-alkyl or cyclic N) is 1. The predicted octanol–water partition coefficient (Wildman–Crippen LogP) is 2.46. The molecule has 3 aromatic rings. The van der Waals surface area contributed by atoms with Gasteiger partial charge < -0.3 is 14.7 Å². The minimum atomic E-state index is -0.492. The predicted molar refractivity (Wildman–Crippen MR) is 115 cm³/mol. The lowest BCUT2D eigenvalue weighted by atomic mass is 9.90. The zero-order valence-electron chi connectivity index (χ0n) is 17.8. The lowest BCUT2D eigenvalue weighted by molar-refractivity contribution is 0.0964. The molecule has 2 N–H and O–H groups in total. The third kappa shape index (κ3) is 3.15. The van der Waals surface area contributed by atoms with Crippen LogP contribution < -0.4 is 15.2 Å². The molecule has 1 aliphatic heterocycles. The molecule has 0 amide bonds. The minimum Gasteiger partial charge on any atom is -0.488 e. The van der Waals surface area contributed by atoms with Crippen LogP contribution in [0.4, 0.5) is 5.69 Å². The molecule has 3 heterocycles. The number of aromatic nitrogens is 4. The van der Waals surface area contributed by atoms with Gasteiger partial charge in [0.2, 0.25) is 0 Å². The highest BCUT2D eigenvalue weighted by atomic mass is 16.5. The molecule has 2 aromatic heterocycles. The SMILES string of the molecule is Cn1nc(-c2n[nH]c3ccc(OC4(C)CC4)cc23)cc(N2C[C@@H](O)C(C)(C)C2)c1=O. The smallest absolute Gasteiger partial charge is 0.290 e. The van der Waals surface area contributed by atoms with Gasteiger partial charge in [-0.3, -0.25) is 9.89 Å². The highest BCUT2D eigenvalue weighted by Gasteiger charge is 2.40. The number of ether oxygens (including phenoxy) is 1. The van der Waals surface area contributed by atoms with Crippen molar-refractivity contribution < 1.29 is 9.84 Å². The zero-order valence-corrected chi connectivity index (χ0v) is 17.8. The molecular formula is C22H27N5O3. The van der Waals surface area contributed by atoms with Crippen LogP contribution in [0.3, 0.4) is 0 Å². The lowest BCUT2D eigenvalue weighted by Crippen LogP contribution is -2.32. The Morgan fingerprint density at radius 3 is 2.67 bits per heavy atom. The van der Waals surface area contributed by atoms with E-state index in [0.29, 0.717) is 30.2 Å². The number of aliphatic hydroxyl groups excluding tert-OH is 1. The van der Waals surface area contributed by atoms with Gasteiger partial charge in [-0.15, -0.1) is 0 Å². The van der Waals surface area contributed by atoms with Crippen LogP contribution in [0.5, 0.6) is 5.75 Å². The molecule has 8 nitrogen and oxygen atoms in total. The summed E-state index contributed by atoms with van der Waals surface area (Å²) in [7, 11) is 1.64. The van der Waals surface area contributed by atoms with Crippen molar-refractivity contribution in [3.05, 3.63) is 34.6 Å². The number of fused-ring (bicyclic) bond motifs is 1. The van der Waals surface area contributed by atoms with Crippen LogP contribution in [0.15, 0.2) is 29.1 Å². The van der Waals surface area contributed by atoms with Crippen LogP contribution in [0.25, 0.3) is 22.3 Å². The van der Waals surface area contributed by atoms with Gasteiger partial charge in [-0.1, -0.05) is 13.8 Å². The van der Waals surface area contributed by atoms with Gasteiger partial charge >= 0.3 is 0 Å². The molecule has 5 rings (SSSR count). The van der Waals surface area contributed by atoms with Gasteiger partial charge in [-0.05, 0) is 44.0 Å². The standard InChI is InChI=1S/C22H27N5O3/c1-21(2)12-27(11-18(21)28)17-10-16(25-26(4)20(17)29)19-14-9-13(30-22(3)7-8-22)5-6-15(14)23-24-19/h5-6,9-10,18,28H,7-8,11-12H2,1-4H3,(H,23,24)/t18-/m1/s1. The summed E-state index contributed by atoms with van der Waals surface area (Å²) in [5.74, 6) is 0.805. The van der Waals surface area contributed by atoms with Crippen molar-refractivity contribution in [3.63, 3.8) is 0 Å². The molecule has 158 valence electrons. The summed E-state index contributed by atoms with van der Waals surface area (Å²) in [6.07, 6.45) is 1.63. The molecule has 1 aromatic carbocycles. The molecule has 1 saturated carbocycles. The Morgan fingerprint density at radius 2 is 2.00 bits per heavy atom. The Hall–Kier alpha value is -2.87. The molecule has 0 unspecified atom stereocenters. The van der Waals surface area contributed by atoms with Crippen molar-refractivity contribution in [2.45, 2.75) is 45.3 Å². The molecule has 1 aliphatic carbocycles. The summed E-state index contributed by atoms with van der Waals surface area (Å²) in [4.78, 5) is 14.7. The summed E-state index contributed by atoms with van der Waals surface area (Å²) in [5.41, 5.74) is 2.16. The van der Waals surface area contributed by atoms with Crippen molar-refractivity contribution in [1.82, 2.24) is 20.0 Å². The van der Waals surface area contributed by atoms with E-state index in [-0.39, 0.29) is 16.6 Å². The molecule has 30 heavy (non-hydrogen) atoms. The molecular weight excluding hydrogens is 382 g/mol. The average Bonchev–Trinajstić information content (AvgIpc) is 3.14. The molecule has 8 heteroatoms. The third-order valence-corrected chi connectivity index (χ3v) is 6.37. The van der Waals surface area contributed by atoms with E-state index in [9.17, 15) is 9.90 Å². The summed E-state index contributed by atoms with van der Waals surface area (Å²) < 4.78 is 7.45. The molecule has 0 radical (unpaired) electrons. The van der Waals surface area contributed by atoms with E-state index in [2.05, 4.69) is 22.2 Å². The van der Waals surface area contributed by atoms with Gasteiger partial charge in [0.15, 0.2) is 0 Å². The van der Waals surface area contributed by atoms with Crippen molar-refractivity contribution in [2.75, 3.05) is 18.0 Å². The number of rotatable bonds is 4. The maximum atomic E-state index is 12.8. The maximum absolute atomic E-state index is 12.8. The largest absolute Gasteiger partial charge is 0.488 e. The van der Waals surface area contributed by atoms with E-state index >= 15 is 0 Å². The number of aliphatic hydroxyl groups is 1. The van der Waals surface area contributed by atoms with Gasteiger partial charge in [0.1, 0.15) is 28.4 Å². The van der Waals surface area contributed by atoms with E-state index < -0.39 is 6.10 Å². The van der Waals surface area contributed by atoms with Crippen LogP contribution in [0.2, 0.25) is 0 Å². The number of H-pyrrole nitrogens is 1. The van der Waals surface area contributed by atoms with Gasteiger partial charge in [-0.25, -0.2) is 4.68 Å². The molecule has 0 bridgehead atoms. The fourth-order valence-corrected chi connectivity index (χ4v) is 4.05. The van der Waals surface area contributed by atoms with Gasteiger partial charge in [-0.2, -0.15) is 10.2 Å². The second-order valence-electron chi connectivity index (χ2n) is 9.56. The summed E-state index contributed by atoms with van der Waals surface area (Å²) in [6, 6.07) is 7.66. The van der Waals surface area contributed by atoms with Crippen LogP contribution in [-0.4, -0.2) is 49.9 Å². The Balaban J connectivity index is 1.57. The summed E-state index contributed by atoms with van der Waals surface area (Å²) >= 11 is 0. The molecule has 0 spiro atoms. The quantitative estimate of drug-likeness (QED) is 0.687. The van der Waals surface area contributed by atoms with E-state index in [4.69, 9.17) is 4.74 Å². The first-order valence-corrected chi connectivity index (χ1v) is 10.3. The van der Waals surface area contributed by atoms with E-state index in [1.165, 1.54) is 4.68 Å². The summed E-state index contributed by atoms with van der Waals surface area (Å²) in [6.45, 7) is 7.15. The summed E-state index contributed by atoms with van der Waals surface area (Å²) in [5, 5.41) is 23.3. The van der Waals surface area contributed by atoms with Gasteiger partial charge in [0.25, 0.3) is 5.56 Å². The Kier molecular flexibility index (Phi) is 4.02. The van der Waals surface area contributed by atoms with E-state index in [1.807, 2.05) is 36.9 Å². The second kappa shape index (κ2) is 6.31. The van der Waals surface area contributed by atoms with Crippen molar-refractivity contribution in [3.8, 4) is 17.1 Å². The number of benzene rings is 1. The van der Waals surface area contributed by atoms with Crippen LogP contribution in [-0.2, 0) is 7.05 Å². The lowest BCUT2D eigenvalue weighted by Gasteiger charge is -2.22.